The Morgan fingerprint density at radius 2 is 2.03 bits per heavy atom. The van der Waals surface area contributed by atoms with E-state index in [1.54, 1.807) is 16.6 Å². The van der Waals surface area contributed by atoms with E-state index in [0.717, 1.165) is 22.8 Å². The number of carbonyl (C=O) groups excluding carboxylic acids is 1. The van der Waals surface area contributed by atoms with Crippen LogP contribution >= 0.6 is 11.3 Å². The molecule has 3 heterocycles. The largest absolute Gasteiger partial charge is 0.378 e. The number of hydrogen-bond acceptors (Lipinski definition) is 9. The summed E-state index contributed by atoms with van der Waals surface area (Å²) in [6.45, 7) is 4.27. The predicted molar refractivity (Wildman–Crippen MR) is 128 cm³/mol. The van der Waals surface area contributed by atoms with Crippen LogP contribution in [0.25, 0.3) is 15.5 Å². The standard InChI is InChI=1S/C22H21N7O4S/c1-2-19-24-25-22-28(19)26-21(34-22)14-4-3-5-15(12-14)23-20(30)17-13-16(29(31)32)6-7-18(17)27-8-10-33-11-9-27/h3-7,12-13H,2,8-11H2,1H3,(H,23,30). The third-order valence-corrected chi connectivity index (χ3v) is 6.47. The number of nitro benzene ring substituents is 1. The Morgan fingerprint density at radius 1 is 1.21 bits per heavy atom. The number of rotatable bonds is 6. The van der Waals surface area contributed by atoms with Gasteiger partial charge in [0.05, 0.1) is 29.4 Å². The average molecular weight is 480 g/mol. The first kappa shape index (κ1) is 21.9. The van der Waals surface area contributed by atoms with Crippen LogP contribution in [0, 0.1) is 10.1 Å². The molecule has 0 unspecified atom stereocenters. The molecule has 1 fully saturated rings. The number of nitrogens with one attached hydrogen (secondary N) is 1. The molecule has 1 saturated heterocycles. The molecule has 0 radical (unpaired) electrons. The molecule has 1 aliphatic rings. The van der Waals surface area contributed by atoms with Crippen LogP contribution in [0.1, 0.15) is 23.1 Å². The van der Waals surface area contributed by atoms with E-state index in [1.165, 1.54) is 23.5 Å². The Hall–Kier alpha value is -3.90. The molecular weight excluding hydrogens is 458 g/mol. The maximum absolute atomic E-state index is 13.3. The number of aryl methyl sites for hydroxylation is 1. The van der Waals surface area contributed by atoms with Crippen molar-refractivity contribution >= 4 is 39.3 Å². The molecule has 0 bridgehead atoms. The molecule has 0 saturated carbocycles. The molecule has 12 heteroatoms. The number of fused-ring (bicyclic) bond motifs is 1. The summed E-state index contributed by atoms with van der Waals surface area (Å²) in [5.41, 5.74) is 2.13. The first-order chi connectivity index (χ1) is 16.5. The molecule has 1 N–H and O–H groups in total. The van der Waals surface area contributed by atoms with Gasteiger partial charge in [-0.05, 0) is 18.2 Å². The SMILES string of the molecule is CCc1nnc2sc(-c3cccc(NC(=O)c4cc([N+](=O)[O-])ccc4N4CCOCC4)c3)nn12. The Morgan fingerprint density at radius 3 is 2.79 bits per heavy atom. The molecule has 2 aromatic heterocycles. The molecule has 1 aliphatic heterocycles. The van der Waals surface area contributed by atoms with E-state index in [-0.39, 0.29) is 11.3 Å². The summed E-state index contributed by atoms with van der Waals surface area (Å²) < 4.78 is 7.12. The number of carbonyl (C=O) groups is 1. The van der Waals surface area contributed by atoms with E-state index < -0.39 is 10.8 Å². The molecule has 0 aliphatic carbocycles. The first-order valence-electron chi connectivity index (χ1n) is 10.8. The second kappa shape index (κ2) is 9.15. The summed E-state index contributed by atoms with van der Waals surface area (Å²) in [5.74, 6) is 0.358. The number of ether oxygens (including phenoxy) is 1. The third-order valence-electron chi connectivity index (χ3n) is 5.53. The molecule has 5 rings (SSSR count). The van der Waals surface area contributed by atoms with Crippen molar-refractivity contribution in [3.8, 4) is 10.6 Å². The average Bonchev–Trinajstić information content (AvgIpc) is 3.45. The maximum Gasteiger partial charge on any atom is 0.270 e. The third kappa shape index (κ3) is 4.20. The van der Waals surface area contributed by atoms with Crippen LogP contribution in [0.2, 0.25) is 0 Å². The minimum Gasteiger partial charge on any atom is -0.378 e. The molecule has 2 aromatic carbocycles. The molecule has 34 heavy (non-hydrogen) atoms. The maximum atomic E-state index is 13.3. The van der Waals surface area contributed by atoms with Gasteiger partial charge >= 0.3 is 0 Å². The van der Waals surface area contributed by atoms with Crippen molar-refractivity contribution in [3.63, 3.8) is 0 Å². The monoisotopic (exact) mass is 479 g/mol. The van der Waals surface area contributed by atoms with Gasteiger partial charge < -0.3 is 15.0 Å². The van der Waals surface area contributed by atoms with Crippen molar-refractivity contribution in [3.05, 3.63) is 64.0 Å². The number of benzene rings is 2. The molecule has 0 atom stereocenters. The van der Waals surface area contributed by atoms with Gasteiger partial charge in [-0.2, -0.15) is 9.61 Å². The quantitative estimate of drug-likeness (QED) is 0.329. The van der Waals surface area contributed by atoms with E-state index in [1.807, 2.05) is 30.0 Å². The Balaban J connectivity index is 1.44. The number of nitro groups is 1. The lowest BCUT2D eigenvalue weighted by Crippen LogP contribution is -2.37. The van der Waals surface area contributed by atoms with Crippen LogP contribution in [-0.2, 0) is 11.2 Å². The zero-order chi connectivity index (χ0) is 23.7. The lowest BCUT2D eigenvalue weighted by atomic mass is 10.1. The number of morpholine rings is 1. The smallest absolute Gasteiger partial charge is 0.270 e. The fourth-order valence-corrected chi connectivity index (χ4v) is 4.68. The number of amides is 1. The van der Waals surface area contributed by atoms with Crippen molar-refractivity contribution in [1.82, 2.24) is 19.8 Å². The fourth-order valence-electron chi connectivity index (χ4n) is 3.82. The van der Waals surface area contributed by atoms with E-state index in [0.29, 0.717) is 42.6 Å². The summed E-state index contributed by atoms with van der Waals surface area (Å²) in [6, 6.07) is 11.7. The Labute approximate surface area is 198 Å². The van der Waals surface area contributed by atoms with E-state index in [4.69, 9.17) is 4.74 Å². The van der Waals surface area contributed by atoms with Crippen LogP contribution in [0.5, 0.6) is 0 Å². The number of non-ortho nitro benzene ring substituents is 1. The number of aromatic nitrogens is 4. The number of anilines is 2. The highest BCUT2D eigenvalue weighted by atomic mass is 32.1. The minimum atomic E-state index is -0.501. The van der Waals surface area contributed by atoms with Crippen molar-refractivity contribution in [2.45, 2.75) is 13.3 Å². The Bertz CT molecular complexity index is 1380. The van der Waals surface area contributed by atoms with Crippen LogP contribution in [-0.4, -0.2) is 56.9 Å². The predicted octanol–water partition coefficient (Wildman–Crippen LogP) is 3.41. The van der Waals surface area contributed by atoms with Gasteiger partial charge in [-0.1, -0.05) is 30.4 Å². The highest BCUT2D eigenvalue weighted by Gasteiger charge is 2.22. The fraction of sp³-hybridized carbons (Fsp3) is 0.273. The van der Waals surface area contributed by atoms with Gasteiger partial charge in [0.15, 0.2) is 5.82 Å². The van der Waals surface area contributed by atoms with Crippen molar-refractivity contribution in [2.24, 2.45) is 0 Å². The van der Waals surface area contributed by atoms with Crippen LogP contribution in [0.4, 0.5) is 17.1 Å². The lowest BCUT2D eigenvalue weighted by Gasteiger charge is -2.30. The van der Waals surface area contributed by atoms with E-state index >= 15 is 0 Å². The van der Waals surface area contributed by atoms with Gasteiger partial charge in [0.25, 0.3) is 11.6 Å². The number of nitrogens with zero attached hydrogens (tertiary/aromatic N) is 6. The molecule has 174 valence electrons. The van der Waals surface area contributed by atoms with Crippen LogP contribution < -0.4 is 10.2 Å². The molecule has 11 nitrogen and oxygen atoms in total. The minimum absolute atomic E-state index is 0.137. The van der Waals surface area contributed by atoms with Gasteiger partial charge in [-0.15, -0.1) is 10.2 Å². The van der Waals surface area contributed by atoms with E-state index in [9.17, 15) is 14.9 Å². The lowest BCUT2D eigenvalue weighted by molar-refractivity contribution is -0.384. The number of hydrogen-bond donors (Lipinski definition) is 1. The molecule has 1 amide bonds. The second-order valence-corrected chi connectivity index (χ2v) is 8.62. The molecular formula is C22H21N7O4S. The summed E-state index contributed by atoms with van der Waals surface area (Å²) in [6.07, 6.45) is 0.717. The zero-order valence-corrected chi connectivity index (χ0v) is 19.1. The topological polar surface area (TPSA) is 128 Å². The van der Waals surface area contributed by atoms with Crippen LogP contribution in [0.3, 0.4) is 0 Å². The molecule has 0 spiro atoms. The summed E-state index contributed by atoms with van der Waals surface area (Å²) >= 11 is 1.41. The van der Waals surface area contributed by atoms with Crippen LogP contribution in [0.15, 0.2) is 42.5 Å². The van der Waals surface area contributed by atoms with Gasteiger partial charge in [0.2, 0.25) is 4.96 Å². The highest BCUT2D eigenvalue weighted by Crippen LogP contribution is 2.30. The van der Waals surface area contributed by atoms with Gasteiger partial charge in [0, 0.05) is 42.9 Å². The van der Waals surface area contributed by atoms with Crippen molar-refractivity contribution in [1.29, 1.82) is 0 Å². The van der Waals surface area contributed by atoms with Gasteiger partial charge in [-0.25, -0.2) is 0 Å². The molecule has 4 aromatic rings. The highest BCUT2D eigenvalue weighted by molar-refractivity contribution is 7.19. The van der Waals surface area contributed by atoms with Gasteiger partial charge in [0.1, 0.15) is 5.01 Å². The summed E-state index contributed by atoms with van der Waals surface area (Å²) in [7, 11) is 0. The summed E-state index contributed by atoms with van der Waals surface area (Å²) in [4.78, 5) is 26.8. The van der Waals surface area contributed by atoms with E-state index in [2.05, 4.69) is 20.6 Å². The van der Waals surface area contributed by atoms with Gasteiger partial charge in [-0.3, -0.25) is 14.9 Å². The first-order valence-corrected chi connectivity index (χ1v) is 11.6. The van der Waals surface area contributed by atoms with Crippen molar-refractivity contribution in [2.75, 3.05) is 36.5 Å². The Kier molecular flexibility index (Phi) is 5.90. The van der Waals surface area contributed by atoms with Crippen molar-refractivity contribution < 1.29 is 14.5 Å². The normalized spacial score (nSPS) is 13.9. The second-order valence-electron chi connectivity index (χ2n) is 7.66. The summed E-state index contributed by atoms with van der Waals surface area (Å²) in [5, 5.41) is 27.8. The zero-order valence-electron chi connectivity index (χ0n) is 18.3.